The molecule has 0 N–H and O–H groups in total. The quantitative estimate of drug-likeness (QED) is 0.576. The third-order valence-electron chi connectivity index (χ3n) is 4.41. The summed E-state index contributed by atoms with van der Waals surface area (Å²) in [6.45, 7) is 6.68. The van der Waals surface area contributed by atoms with Crippen molar-refractivity contribution in [1.82, 2.24) is 4.90 Å². The van der Waals surface area contributed by atoms with Gasteiger partial charge in [0.25, 0.3) is 0 Å². The van der Waals surface area contributed by atoms with E-state index in [2.05, 4.69) is 36.2 Å². The maximum absolute atomic E-state index is 12.7. The van der Waals surface area contributed by atoms with Crippen LogP contribution in [-0.2, 0) is 11.3 Å². The molecule has 0 radical (unpaired) electrons. The van der Waals surface area contributed by atoms with Crippen LogP contribution in [0.15, 0.2) is 58.7 Å². The molecule has 1 aliphatic heterocycles. The second-order valence-electron chi connectivity index (χ2n) is 6.40. The zero-order valence-corrected chi connectivity index (χ0v) is 16.2. The average Bonchev–Trinajstić information content (AvgIpc) is 2.94. The lowest BCUT2D eigenvalue weighted by molar-refractivity contribution is -0.126. The van der Waals surface area contributed by atoms with Gasteiger partial charge in [-0.05, 0) is 37.0 Å². The molecular formula is C21H23N3OS. The molecule has 1 fully saturated rings. The summed E-state index contributed by atoms with van der Waals surface area (Å²) < 4.78 is 0. The van der Waals surface area contributed by atoms with Crippen LogP contribution in [0.5, 0.6) is 0 Å². The van der Waals surface area contributed by atoms with Gasteiger partial charge in [-0.15, -0.1) is 5.10 Å². The van der Waals surface area contributed by atoms with Gasteiger partial charge in [0.2, 0.25) is 5.91 Å². The summed E-state index contributed by atoms with van der Waals surface area (Å²) >= 11 is 1.50. The molecule has 4 nitrogen and oxygen atoms in total. The number of nitrogens with zero attached hydrogens (tertiary/aromatic N) is 3. The second-order valence-corrected chi connectivity index (χ2v) is 7.57. The molecular weight excluding hydrogens is 342 g/mol. The lowest BCUT2D eigenvalue weighted by Gasteiger charge is -2.17. The summed E-state index contributed by atoms with van der Waals surface area (Å²) in [5, 5.41) is 9.17. The lowest BCUT2D eigenvalue weighted by atomic mass is 10.1. The van der Waals surface area contributed by atoms with Crippen molar-refractivity contribution >= 4 is 29.1 Å². The van der Waals surface area contributed by atoms with Crippen molar-refractivity contribution in [1.29, 1.82) is 0 Å². The smallest absolute Gasteiger partial charge is 0.242 e. The van der Waals surface area contributed by atoms with E-state index in [-0.39, 0.29) is 11.2 Å². The van der Waals surface area contributed by atoms with Crippen molar-refractivity contribution in [3.05, 3.63) is 70.8 Å². The second kappa shape index (κ2) is 8.32. The average molecular weight is 366 g/mol. The molecule has 1 atom stereocenters. The van der Waals surface area contributed by atoms with E-state index in [9.17, 15) is 4.79 Å². The van der Waals surface area contributed by atoms with Crippen LogP contribution >= 0.6 is 11.8 Å². The molecule has 0 aliphatic carbocycles. The highest BCUT2D eigenvalue weighted by molar-refractivity contribution is 8.15. The normalized spacial score (nSPS) is 19.0. The van der Waals surface area contributed by atoms with Crippen LogP contribution in [0.4, 0.5) is 0 Å². The highest BCUT2D eigenvalue weighted by Gasteiger charge is 2.37. The van der Waals surface area contributed by atoms with Crippen LogP contribution in [-0.4, -0.2) is 27.4 Å². The Balaban J connectivity index is 1.81. The number of thioether (sulfide) groups is 1. The Morgan fingerprint density at radius 1 is 1.12 bits per heavy atom. The zero-order valence-electron chi connectivity index (χ0n) is 15.3. The molecule has 0 unspecified atom stereocenters. The Morgan fingerprint density at radius 3 is 2.54 bits per heavy atom. The van der Waals surface area contributed by atoms with Gasteiger partial charge >= 0.3 is 0 Å². The number of carbonyl (C=O) groups excluding carboxylic acids is 1. The van der Waals surface area contributed by atoms with Crippen molar-refractivity contribution in [2.45, 2.75) is 39.0 Å². The first kappa shape index (κ1) is 18.4. The van der Waals surface area contributed by atoms with E-state index in [1.807, 2.05) is 43.3 Å². The molecule has 0 spiro atoms. The summed E-state index contributed by atoms with van der Waals surface area (Å²) in [5.74, 6) is 0.116. The van der Waals surface area contributed by atoms with E-state index in [1.165, 1.54) is 22.9 Å². The molecule has 26 heavy (non-hydrogen) atoms. The predicted molar refractivity (Wildman–Crippen MR) is 110 cm³/mol. The Labute approximate surface area is 159 Å². The van der Waals surface area contributed by atoms with Crippen molar-refractivity contribution in [3.63, 3.8) is 0 Å². The maximum atomic E-state index is 12.7. The van der Waals surface area contributed by atoms with Crippen molar-refractivity contribution in [2.75, 3.05) is 0 Å². The van der Waals surface area contributed by atoms with Crippen molar-refractivity contribution in [3.8, 4) is 0 Å². The standard InChI is InChI=1S/C21H23N3OS/c1-4-19-20(25)24(14-18-8-6-5-7-16(18)3)21(26-19)23-22-13-17-11-9-15(2)10-12-17/h5-13,19H,4,14H2,1-3H3/b22-13-,23-21+/t19-/m0/s1. The van der Waals surface area contributed by atoms with Crippen LogP contribution in [0.3, 0.4) is 0 Å². The Bertz CT molecular complexity index is 843. The van der Waals surface area contributed by atoms with E-state index in [4.69, 9.17) is 0 Å². The van der Waals surface area contributed by atoms with E-state index in [0.29, 0.717) is 11.7 Å². The van der Waals surface area contributed by atoms with Gasteiger partial charge in [-0.3, -0.25) is 9.69 Å². The van der Waals surface area contributed by atoms with E-state index in [1.54, 1.807) is 11.1 Å². The lowest BCUT2D eigenvalue weighted by Crippen LogP contribution is -2.31. The van der Waals surface area contributed by atoms with Crippen LogP contribution in [0.2, 0.25) is 0 Å². The van der Waals surface area contributed by atoms with Crippen LogP contribution in [0.25, 0.3) is 0 Å². The number of carbonyl (C=O) groups is 1. The molecule has 0 aromatic heterocycles. The third-order valence-corrected chi connectivity index (χ3v) is 5.74. The Hall–Kier alpha value is -2.40. The van der Waals surface area contributed by atoms with Crippen molar-refractivity contribution < 1.29 is 4.79 Å². The fourth-order valence-electron chi connectivity index (χ4n) is 2.75. The highest BCUT2D eigenvalue weighted by atomic mass is 32.2. The van der Waals surface area contributed by atoms with E-state index >= 15 is 0 Å². The summed E-state index contributed by atoms with van der Waals surface area (Å²) in [5.41, 5.74) is 4.51. The molecule has 5 heteroatoms. The first-order chi connectivity index (χ1) is 12.6. The van der Waals surface area contributed by atoms with Gasteiger partial charge in [0.15, 0.2) is 5.17 Å². The van der Waals surface area contributed by atoms with E-state index in [0.717, 1.165) is 17.5 Å². The summed E-state index contributed by atoms with van der Waals surface area (Å²) in [7, 11) is 0. The molecule has 1 aliphatic rings. The third kappa shape index (κ3) is 4.22. The molecule has 1 saturated heterocycles. The molecule has 134 valence electrons. The predicted octanol–water partition coefficient (Wildman–Crippen LogP) is 4.55. The number of benzene rings is 2. The SMILES string of the molecule is CC[C@@H]1S/C(=N/N=C\c2ccc(C)cc2)N(Cc2ccccc2C)C1=O. The number of hydrogen-bond donors (Lipinski definition) is 0. The fourth-order valence-corrected chi connectivity index (χ4v) is 3.77. The van der Waals surface area contributed by atoms with Gasteiger partial charge < -0.3 is 0 Å². The van der Waals surface area contributed by atoms with Gasteiger partial charge in [0, 0.05) is 0 Å². The van der Waals surface area contributed by atoms with Gasteiger partial charge in [0.05, 0.1) is 18.0 Å². The van der Waals surface area contributed by atoms with E-state index < -0.39 is 0 Å². The van der Waals surface area contributed by atoms with Gasteiger partial charge in [-0.25, -0.2) is 0 Å². The Morgan fingerprint density at radius 2 is 1.85 bits per heavy atom. The van der Waals surface area contributed by atoms with Gasteiger partial charge in [-0.1, -0.05) is 72.8 Å². The fraction of sp³-hybridized carbons (Fsp3) is 0.286. The topological polar surface area (TPSA) is 45.0 Å². The first-order valence-corrected chi connectivity index (χ1v) is 9.66. The number of rotatable bonds is 5. The zero-order chi connectivity index (χ0) is 18.5. The molecule has 0 bridgehead atoms. The largest absolute Gasteiger partial charge is 0.284 e. The number of hydrogen-bond acceptors (Lipinski definition) is 4. The highest BCUT2D eigenvalue weighted by Crippen LogP contribution is 2.31. The number of amidine groups is 1. The molecule has 0 saturated carbocycles. The monoisotopic (exact) mass is 365 g/mol. The molecule has 2 aromatic rings. The minimum atomic E-state index is -0.0765. The number of amides is 1. The maximum Gasteiger partial charge on any atom is 0.242 e. The molecule has 1 amide bonds. The summed E-state index contributed by atoms with van der Waals surface area (Å²) in [4.78, 5) is 14.5. The van der Waals surface area contributed by atoms with Crippen LogP contribution < -0.4 is 0 Å². The summed E-state index contributed by atoms with van der Waals surface area (Å²) in [6, 6.07) is 16.2. The van der Waals surface area contributed by atoms with Crippen molar-refractivity contribution in [2.24, 2.45) is 10.2 Å². The van der Waals surface area contributed by atoms with Gasteiger partial charge in [-0.2, -0.15) is 5.10 Å². The van der Waals surface area contributed by atoms with Crippen LogP contribution in [0.1, 0.15) is 35.6 Å². The number of aryl methyl sites for hydroxylation is 2. The molecule has 1 heterocycles. The summed E-state index contributed by atoms with van der Waals surface area (Å²) in [6.07, 6.45) is 2.51. The minimum Gasteiger partial charge on any atom is -0.284 e. The molecule has 3 rings (SSSR count). The molecule has 2 aromatic carbocycles. The Kier molecular flexibility index (Phi) is 5.89. The first-order valence-electron chi connectivity index (χ1n) is 8.78. The minimum absolute atomic E-state index is 0.0765. The van der Waals surface area contributed by atoms with Gasteiger partial charge in [0.1, 0.15) is 0 Å². The van der Waals surface area contributed by atoms with Crippen LogP contribution in [0, 0.1) is 13.8 Å².